The minimum atomic E-state index is -0.726. The maximum Gasteiger partial charge on any atom is 0.326 e. The molecule has 0 N–H and O–H groups in total. The lowest BCUT2D eigenvalue weighted by Gasteiger charge is -2.05. The maximum absolute atomic E-state index is 12.8. The van der Waals surface area contributed by atoms with E-state index >= 15 is 0 Å². The SMILES string of the molecule is CCOC(=O)Cn1c(=NC(=O)c2coc3ccccc3c2=O)sc2cc(C)ccc21. The summed E-state index contributed by atoms with van der Waals surface area (Å²) in [5.41, 5.74) is 1.59. The number of hydrogen-bond acceptors (Lipinski definition) is 6. The standard InChI is InChI=1S/C22H18N2O5S/c1-3-28-19(25)11-24-16-9-8-13(2)10-18(16)30-22(24)23-21(27)15-12-29-17-7-5-4-6-14(17)20(15)26/h4-10,12H,3,11H2,1-2H3. The predicted molar refractivity (Wildman–Crippen MR) is 114 cm³/mol. The normalized spacial score (nSPS) is 11.9. The topological polar surface area (TPSA) is 90.9 Å². The molecule has 152 valence electrons. The minimum Gasteiger partial charge on any atom is -0.465 e. The van der Waals surface area contributed by atoms with Crippen molar-refractivity contribution in [1.29, 1.82) is 0 Å². The maximum atomic E-state index is 12.8. The third-order valence-electron chi connectivity index (χ3n) is 4.54. The molecule has 2 heterocycles. The van der Waals surface area contributed by atoms with Crippen molar-refractivity contribution < 1.29 is 18.7 Å². The van der Waals surface area contributed by atoms with Crippen LogP contribution >= 0.6 is 11.3 Å². The number of fused-ring (bicyclic) bond motifs is 2. The molecular weight excluding hydrogens is 404 g/mol. The fourth-order valence-corrected chi connectivity index (χ4v) is 4.25. The molecule has 0 saturated carbocycles. The van der Waals surface area contributed by atoms with Crippen molar-refractivity contribution in [3.8, 4) is 0 Å². The summed E-state index contributed by atoms with van der Waals surface area (Å²) in [6.45, 7) is 3.85. The lowest BCUT2D eigenvalue weighted by atomic mass is 10.2. The van der Waals surface area contributed by atoms with Gasteiger partial charge in [-0.05, 0) is 43.7 Å². The average Bonchev–Trinajstić information content (AvgIpc) is 3.04. The van der Waals surface area contributed by atoms with Gasteiger partial charge in [-0.3, -0.25) is 14.4 Å². The molecule has 4 rings (SSSR count). The molecule has 0 fully saturated rings. The van der Waals surface area contributed by atoms with E-state index in [1.54, 1.807) is 35.8 Å². The Balaban J connectivity index is 1.85. The molecule has 30 heavy (non-hydrogen) atoms. The second-order valence-corrected chi connectivity index (χ2v) is 7.65. The van der Waals surface area contributed by atoms with Crippen LogP contribution in [0.1, 0.15) is 22.8 Å². The molecular formula is C22H18N2O5S. The molecule has 0 spiro atoms. The lowest BCUT2D eigenvalue weighted by Crippen LogP contribution is -2.24. The highest BCUT2D eigenvalue weighted by molar-refractivity contribution is 7.16. The average molecular weight is 422 g/mol. The van der Waals surface area contributed by atoms with E-state index in [0.29, 0.717) is 15.8 Å². The molecule has 0 aliphatic carbocycles. The quantitative estimate of drug-likeness (QED) is 0.470. The largest absolute Gasteiger partial charge is 0.465 e. The fourth-order valence-electron chi connectivity index (χ4n) is 3.13. The van der Waals surface area contributed by atoms with Gasteiger partial charge >= 0.3 is 5.97 Å². The smallest absolute Gasteiger partial charge is 0.326 e. The zero-order valence-corrected chi connectivity index (χ0v) is 17.2. The number of aromatic nitrogens is 1. The van der Waals surface area contributed by atoms with Crippen LogP contribution in [-0.4, -0.2) is 23.1 Å². The van der Waals surface area contributed by atoms with E-state index in [4.69, 9.17) is 9.15 Å². The van der Waals surface area contributed by atoms with Crippen molar-refractivity contribution in [2.75, 3.05) is 6.61 Å². The number of carbonyl (C=O) groups excluding carboxylic acids is 2. The van der Waals surface area contributed by atoms with Crippen molar-refractivity contribution in [3.05, 3.63) is 74.9 Å². The first kappa shape index (κ1) is 19.8. The molecule has 2 aromatic heterocycles. The number of amides is 1. The number of carbonyl (C=O) groups is 2. The highest BCUT2D eigenvalue weighted by atomic mass is 32.1. The number of benzene rings is 2. The van der Waals surface area contributed by atoms with Crippen LogP contribution in [0.5, 0.6) is 0 Å². The summed E-state index contributed by atoms with van der Waals surface area (Å²) in [5.74, 6) is -1.16. The molecule has 0 bridgehead atoms. The van der Waals surface area contributed by atoms with E-state index in [2.05, 4.69) is 4.99 Å². The molecule has 0 atom stereocenters. The Labute approximate surface area is 174 Å². The van der Waals surface area contributed by atoms with Crippen LogP contribution in [0.15, 0.2) is 62.9 Å². The van der Waals surface area contributed by atoms with Gasteiger partial charge in [0.15, 0.2) is 4.80 Å². The number of para-hydroxylation sites is 1. The third-order valence-corrected chi connectivity index (χ3v) is 5.58. The van der Waals surface area contributed by atoms with Gasteiger partial charge in [0.05, 0.1) is 22.2 Å². The van der Waals surface area contributed by atoms with Gasteiger partial charge in [-0.25, -0.2) is 0 Å². The molecule has 8 heteroatoms. The highest BCUT2D eigenvalue weighted by Gasteiger charge is 2.16. The minimum absolute atomic E-state index is 0.0880. The number of nitrogens with zero attached hydrogens (tertiary/aromatic N) is 2. The number of thiazole rings is 1. The van der Waals surface area contributed by atoms with Gasteiger partial charge < -0.3 is 13.7 Å². The van der Waals surface area contributed by atoms with E-state index in [-0.39, 0.29) is 18.7 Å². The second kappa shape index (κ2) is 8.08. The zero-order valence-electron chi connectivity index (χ0n) is 16.4. The van der Waals surface area contributed by atoms with Crippen molar-refractivity contribution in [2.45, 2.75) is 20.4 Å². The lowest BCUT2D eigenvalue weighted by molar-refractivity contribution is -0.143. The first-order chi connectivity index (χ1) is 14.5. The Bertz CT molecular complexity index is 1410. The summed E-state index contributed by atoms with van der Waals surface area (Å²) in [7, 11) is 0. The number of esters is 1. The Morgan fingerprint density at radius 2 is 2.00 bits per heavy atom. The van der Waals surface area contributed by atoms with Crippen molar-refractivity contribution >= 4 is 44.4 Å². The first-order valence-corrected chi connectivity index (χ1v) is 10.1. The summed E-state index contributed by atoms with van der Waals surface area (Å²) in [4.78, 5) is 42.1. The van der Waals surface area contributed by atoms with E-state index in [0.717, 1.165) is 22.0 Å². The van der Waals surface area contributed by atoms with Crippen LogP contribution in [0.4, 0.5) is 0 Å². The fraction of sp³-hybridized carbons (Fsp3) is 0.182. The molecule has 0 aliphatic rings. The number of rotatable bonds is 4. The predicted octanol–water partition coefficient (Wildman–Crippen LogP) is 3.42. The van der Waals surface area contributed by atoms with Gasteiger partial charge in [0, 0.05) is 0 Å². The van der Waals surface area contributed by atoms with Crippen LogP contribution in [-0.2, 0) is 16.1 Å². The molecule has 4 aromatic rings. The van der Waals surface area contributed by atoms with Gasteiger partial charge in [0.1, 0.15) is 24.0 Å². The Morgan fingerprint density at radius 3 is 2.80 bits per heavy atom. The number of hydrogen-bond donors (Lipinski definition) is 0. The van der Waals surface area contributed by atoms with Gasteiger partial charge in [-0.1, -0.05) is 29.5 Å². The summed E-state index contributed by atoms with van der Waals surface area (Å²) >= 11 is 1.27. The molecule has 0 unspecified atom stereocenters. The molecule has 1 amide bonds. The number of ether oxygens (including phenoxy) is 1. The van der Waals surface area contributed by atoms with Crippen LogP contribution in [0.3, 0.4) is 0 Å². The van der Waals surface area contributed by atoms with Crippen LogP contribution in [0, 0.1) is 6.92 Å². The monoisotopic (exact) mass is 422 g/mol. The first-order valence-electron chi connectivity index (χ1n) is 9.33. The second-order valence-electron chi connectivity index (χ2n) is 6.64. The Morgan fingerprint density at radius 1 is 1.20 bits per heavy atom. The molecule has 0 saturated heterocycles. The third kappa shape index (κ3) is 3.69. The van der Waals surface area contributed by atoms with Crippen molar-refractivity contribution in [3.63, 3.8) is 0 Å². The van der Waals surface area contributed by atoms with Crippen LogP contribution < -0.4 is 10.2 Å². The van der Waals surface area contributed by atoms with Crippen molar-refractivity contribution in [1.82, 2.24) is 4.57 Å². The van der Waals surface area contributed by atoms with Crippen LogP contribution in [0.25, 0.3) is 21.2 Å². The summed E-state index contributed by atoms with van der Waals surface area (Å²) < 4.78 is 13.0. The van der Waals surface area contributed by atoms with E-state index < -0.39 is 17.3 Å². The van der Waals surface area contributed by atoms with Gasteiger partial charge in [-0.2, -0.15) is 4.99 Å². The summed E-state index contributed by atoms with van der Waals surface area (Å²) in [6, 6.07) is 12.4. The van der Waals surface area contributed by atoms with Gasteiger partial charge in [-0.15, -0.1) is 0 Å². The Hall–Kier alpha value is -3.52. The van der Waals surface area contributed by atoms with Gasteiger partial charge in [0.2, 0.25) is 5.43 Å². The zero-order chi connectivity index (χ0) is 21.3. The molecule has 0 aliphatic heterocycles. The Kier molecular flexibility index (Phi) is 5.33. The van der Waals surface area contributed by atoms with Crippen molar-refractivity contribution in [2.24, 2.45) is 4.99 Å². The summed E-state index contributed by atoms with van der Waals surface area (Å²) in [5, 5.41) is 0.310. The summed E-state index contributed by atoms with van der Waals surface area (Å²) in [6.07, 6.45) is 1.13. The molecule has 7 nitrogen and oxygen atoms in total. The van der Waals surface area contributed by atoms with E-state index in [1.165, 1.54) is 11.3 Å². The molecule has 0 radical (unpaired) electrons. The molecule has 2 aromatic carbocycles. The number of aryl methyl sites for hydroxylation is 1. The van der Waals surface area contributed by atoms with E-state index in [1.807, 2.05) is 25.1 Å². The van der Waals surface area contributed by atoms with Gasteiger partial charge in [0.25, 0.3) is 5.91 Å². The van der Waals surface area contributed by atoms with E-state index in [9.17, 15) is 14.4 Å². The highest BCUT2D eigenvalue weighted by Crippen LogP contribution is 2.19. The van der Waals surface area contributed by atoms with Crippen LogP contribution in [0.2, 0.25) is 0 Å².